The first-order chi connectivity index (χ1) is 14.1. The minimum Gasteiger partial charge on any atom is -0.508 e. The zero-order valence-electron chi connectivity index (χ0n) is 19.1. The van der Waals surface area contributed by atoms with Crippen LogP contribution in [0.2, 0.25) is 0 Å². The molecule has 0 amide bonds. The van der Waals surface area contributed by atoms with Crippen LogP contribution in [0, 0.1) is 5.92 Å². The van der Waals surface area contributed by atoms with Gasteiger partial charge in [-0.05, 0) is 54.4 Å². The van der Waals surface area contributed by atoms with Gasteiger partial charge in [0, 0.05) is 5.56 Å². The molecular formula is C28H42O. The van der Waals surface area contributed by atoms with Crippen molar-refractivity contribution in [3.05, 3.63) is 53.6 Å². The van der Waals surface area contributed by atoms with Gasteiger partial charge in [0.25, 0.3) is 0 Å². The molecule has 2 rings (SSSR count). The van der Waals surface area contributed by atoms with E-state index in [1.54, 1.807) is 0 Å². The second kappa shape index (κ2) is 13.5. The zero-order chi connectivity index (χ0) is 20.9. The third kappa shape index (κ3) is 8.25. The van der Waals surface area contributed by atoms with Crippen LogP contribution in [-0.4, -0.2) is 5.11 Å². The van der Waals surface area contributed by atoms with Gasteiger partial charge in [-0.25, -0.2) is 0 Å². The summed E-state index contributed by atoms with van der Waals surface area (Å²) >= 11 is 0. The molecule has 0 unspecified atom stereocenters. The van der Waals surface area contributed by atoms with Crippen LogP contribution in [0.15, 0.2) is 42.5 Å². The summed E-state index contributed by atoms with van der Waals surface area (Å²) in [4.78, 5) is 0. The quantitative estimate of drug-likeness (QED) is 0.318. The Labute approximate surface area is 179 Å². The summed E-state index contributed by atoms with van der Waals surface area (Å²) in [5, 5.41) is 10.7. The Hall–Kier alpha value is -1.76. The predicted octanol–water partition coefficient (Wildman–Crippen LogP) is 8.72. The van der Waals surface area contributed by atoms with Crippen LogP contribution >= 0.6 is 0 Å². The Morgan fingerprint density at radius 1 is 0.724 bits per heavy atom. The van der Waals surface area contributed by atoms with Crippen LogP contribution in [0.4, 0.5) is 0 Å². The fourth-order valence-electron chi connectivity index (χ4n) is 4.24. The highest BCUT2D eigenvalue weighted by molar-refractivity contribution is 5.73. The van der Waals surface area contributed by atoms with E-state index < -0.39 is 0 Å². The molecule has 0 spiro atoms. The molecule has 29 heavy (non-hydrogen) atoms. The van der Waals surface area contributed by atoms with Gasteiger partial charge in [-0.1, -0.05) is 109 Å². The first-order valence-corrected chi connectivity index (χ1v) is 12.0. The van der Waals surface area contributed by atoms with Crippen LogP contribution in [0.5, 0.6) is 5.75 Å². The molecule has 1 N–H and O–H groups in total. The van der Waals surface area contributed by atoms with Crippen molar-refractivity contribution in [2.75, 3.05) is 0 Å². The van der Waals surface area contributed by atoms with Crippen molar-refractivity contribution in [2.24, 2.45) is 5.92 Å². The molecule has 0 fully saturated rings. The maximum Gasteiger partial charge on any atom is 0.119 e. The van der Waals surface area contributed by atoms with E-state index in [9.17, 15) is 5.11 Å². The SMILES string of the molecule is CCCCCCCCc1c(O)ccc(CCCCCC(C)C)c1-c1ccccc1. The number of hydrogen-bond donors (Lipinski definition) is 1. The Kier molecular flexibility index (Phi) is 10.9. The standard InChI is InChI=1S/C28H42O/c1-4-5-6-7-8-15-20-26-27(29)22-21-25(19-12-9-11-16-23(2)3)28(26)24-17-13-10-14-18-24/h10,13-14,17-18,21-23,29H,4-9,11-12,15-16,19-20H2,1-3H3. The molecule has 0 aromatic heterocycles. The fraction of sp³-hybridized carbons (Fsp3) is 0.571. The molecule has 0 aliphatic rings. The largest absolute Gasteiger partial charge is 0.508 e. The second-order valence-corrected chi connectivity index (χ2v) is 8.97. The van der Waals surface area contributed by atoms with Crippen molar-refractivity contribution in [1.82, 2.24) is 0 Å². The van der Waals surface area contributed by atoms with Gasteiger partial charge in [0.05, 0.1) is 0 Å². The topological polar surface area (TPSA) is 20.2 Å². The van der Waals surface area contributed by atoms with Crippen molar-refractivity contribution < 1.29 is 5.11 Å². The van der Waals surface area contributed by atoms with Crippen molar-refractivity contribution in [3.8, 4) is 16.9 Å². The lowest BCUT2D eigenvalue weighted by Gasteiger charge is -2.17. The van der Waals surface area contributed by atoms with Gasteiger partial charge in [0.2, 0.25) is 0 Å². The maximum absolute atomic E-state index is 10.7. The molecule has 0 radical (unpaired) electrons. The van der Waals surface area contributed by atoms with Crippen LogP contribution in [-0.2, 0) is 12.8 Å². The van der Waals surface area contributed by atoms with Crippen molar-refractivity contribution in [1.29, 1.82) is 0 Å². The van der Waals surface area contributed by atoms with Gasteiger partial charge in [-0.3, -0.25) is 0 Å². The zero-order valence-corrected chi connectivity index (χ0v) is 19.1. The summed E-state index contributed by atoms with van der Waals surface area (Å²) in [5.74, 6) is 1.27. The summed E-state index contributed by atoms with van der Waals surface area (Å²) in [6.07, 6.45) is 14.9. The molecule has 0 saturated carbocycles. The van der Waals surface area contributed by atoms with Gasteiger partial charge >= 0.3 is 0 Å². The molecule has 1 nitrogen and oxygen atoms in total. The Morgan fingerprint density at radius 2 is 1.38 bits per heavy atom. The Morgan fingerprint density at radius 3 is 2.10 bits per heavy atom. The average molecular weight is 395 g/mol. The number of aryl methyl sites for hydroxylation is 1. The molecule has 0 atom stereocenters. The number of phenols is 1. The Bertz CT molecular complexity index is 687. The van der Waals surface area contributed by atoms with E-state index in [0.29, 0.717) is 5.75 Å². The van der Waals surface area contributed by atoms with E-state index in [4.69, 9.17) is 0 Å². The monoisotopic (exact) mass is 394 g/mol. The van der Waals surface area contributed by atoms with Crippen LogP contribution in [0.25, 0.3) is 11.1 Å². The van der Waals surface area contributed by atoms with E-state index in [-0.39, 0.29) is 0 Å². The van der Waals surface area contributed by atoms with Gasteiger partial charge in [-0.15, -0.1) is 0 Å². The number of benzene rings is 2. The molecule has 0 bridgehead atoms. The molecule has 0 aliphatic heterocycles. The summed E-state index contributed by atoms with van der Waals surface area (Å²) in [6.45, 7) is 6.88. The number of rotatable bonds is 14. The fourth-order valence-corrected chi connectivity index (χ4v) is 4.24. The first-order valence-electron chi connectivity index (χ1n) is 12.0. The van der Waals surface area contributed by atoms with Crippen LogP contribution in [0.3, 0.4) is 0 Å². The minimum atomic E-state index is 0.473. The van der Waals surface area contributed by atoms with E-state index >= 15 is 0 Å². The third-order valence-corrected chi connectivity index (χ3v) is 5.94. The van der Waals surface area contributed by atoms with Crippen molar-refractivity contribution in [2.45, 2.75) is 97.8 Å². The summed E-state index contributed by atoms with van der Waals surface area (Å²) in [6, 6.07) is 14.8. The molecule has 0 saturated heterocycles. The molecule has 0 heterocycles. The smallest absolute Gasteiger partial charge is 0.119 e. The summed E-state index contributed by atoms with van der Waals surface area (Å²) in [5.41, 5.74) is 5.11. The highest BCUT2D eigenvalue weighted by Crippen LogP contribution is 2.35. The highest BCUT2D eigenvalue weighted by Gasteiger charge is 2.14. The van der Waals surface area contributed by atoms with Crippen molar-refractivity contribution >= 4 is 0 Å². The molecule has 160 valence electrons. The van der Waals surface area contributed by atoms with Gasteiger partial charge < -0.3 is 5.11 Å². The minimum absolute atomic E-state index is 0.473. The molecule has 0 aliphatic carbocycles. The third-order valence-electron chi connectivity index (χ3n) is 5.94. The molecule has 1 heteroatoms. The van der Waals surface area contributed by atoms with Gasteiger partial charge in [-0.2, -0.15) is 0 Å². The normalized spacial score (nSPS) is 11.3. The molecule has 2 aromatic carbocycles. The Balaban J connectivity index is 2.11. The number of hydrogen-bond acceptors (Lipinski definition) is 1. The first kappa shape index (κ1) is 23.5. The number of phenolic OH excluding ortho intramolecular Hbond substituents is 1. The highest BCUT2D eigenvalue weighted by atomic mass is 16.3. The lowest BCUT2D eigenvalue weighted by Crippen LogP contribution is -1.99. The van der Waals surface area contributed by atoms with E-state index in [0.717, 1.165) is 30.7 Å². The van der Waals surface area contributed by atoms with Gasteiger partial charge in [0.15, 0.2) is 0 Å². The van der Waals surface area contributed by atoms with Gasteiger partial charge in [0.1, 0.15) is 5.75 Å². The lowest BCUT2D eigenvalue weighted by atomic mass is 9.88. The summed E-state index contributed by atoms with van der Waals surface area (Å²) < 4.78 is 0. The van der Waals surface area contributed by atoms with Crippen LogP contribution in [0.1, 0.15) is 96.1 Å². The maximum atomic E-state index is 10.7. The summed E-state index contributed by atoms with van der Waals surface area (Å²) in [7, 11) is 0. The van der Waals surface area contributed by atoms with Crippen molar-refractivity contribution in [3.63, 3.8) is 0 Å². The second-order valence-electron chi connectivity index (χ2n) is 8.97. The average Bonchev–Trinajstić information content (AvgIpc) is 2.72. The molecular weight excluding hydrogens is 352 g/mol. The van der Waals surface area contributed by atoms with E-state index in [1.165, 1.54) is 74.5 Å². The van der Waals surface area contributed by atoms with E-state index in [2.05, 4.69) is 57.2 Å². The number of unbranched alkanes of at least 4 members (excludes halogenated alkanes) is 7. The predicted molar refractivity (Wildman–Crippen MR) is 128 cm³/mol. The lowest BCUT2D eigenvalue weighted by molar-refractivity contribution is 0.466. The van der Waals surface area contributed by atoms with Crippen LogP contribution < -0.4 is 0 Å². The number of aromatic hydroxyl groups is 1. The molecule has 2 aromatic rings. The van der Waals surface area contributed by atoms with E-state index in [1.807, 2.05) is 6.07 Å².